The fourth-order valence-corrected chi connectivity index (χ4v) is 5.41. The average molecular weight is 478 g/mol. The number of Topliss-reactive ketones (excluding diaryl/α,β-unsaturated/α-hetero) is 1. The summed E-state index contributed by atoms with van der Waals surface area (Å²) in [5.74, 6) is 2.89. The van der Waals surface area contributed by atoms with E-state index in [2.05, 4.69) is 25.2 Å². The smallest absolute Gasteiger partial charge is 0.227 e. The molecule has 4 nitrogen and oxygen atoms in total. The van der Waals surface area contributed by atoms with Crippen molar-refractivity contribution in [3.8, 4) is 5.75 Å². The van der Waals surface area contributed by atoms with Crippen LogP contribution in [0, 0.1) is 18.8 Å². The normalized spacial score (nSPS) is 19.7. The molecule has 2 aromatic rings. The second-order valence-electron chi connectivity index (χ2n) is 10.2. The molecule has 1 amide bonds. The van der Waals surface area contributed by atoms with Crippen molar-refractivity contribution in [2.24, 2.45) is 11.8 Å². The zero-order chi connectivity index (χ0) is 25.4. The number of hydrogen-bond acceptors (Lipinski definition) is 3. The highest BCUT2D eigenvalue weighted by Crippen LogP contribution is 2.39. The summed E-state index contributed by atoms with van der Waals surface area (Å²) in [5, 5.41) is 3.03. The summed E-state index contributed by atoms with van der Waals surface area (Å²) >= 11 is 0. The van der Waals surface area contributed by atoms with Gasteiger partial charge in [0.2, 0.25) is 5.91 Å². The van der Waals surface area contributed by atoms with E-state index in [4.69, 9.17) is 4.74 Å². The molecule has 0 spiro atoms. The van der Waals surface area contributed by atoms with Gasteiger partial charge >= 0.3 is 0 Å². The van der Waals surface area contributed by atoms with Crippen molar-refractivity contribution in [3.63, 3.8) is 0 Å². The molecule has 35 heavy (non-hydrogen) atoms. The van der Waals surface area contributed by atoms with Crippen molar-refractivity contribution >= 4 is 17.4 Å². The van der Waals surface area contributed by atoms with Crippen molar-refractivity contribution in [2.45, 2.75) is 91.4 Å². The minimum absolute atomic E-state index is 0.158. The van der Waals surface area contributed by atoms with Crippen LogP contribution in [0.3, 0.4) is 0 Å². The lowest BCUT2D eigenvalue weighted by atomic mass is 9.76. The van der Waals surface area contributed by atoms with E-state index in [1.807, 2.05) is 37.3 Å². The molecule has 0 heterocycles. The summed E-state index contributed by atoms with van der Waals surface area (Å²) in [7, 11) is 1.65. The molecule has 1 N–H and O–H groups in total. The van der Waals surface area contributed by atoms with Gasteiger partial charge in [0.25, 0.3) is 0 Å². The third-order valence-electron chi connectivity index (χ3n) is 7.96. The Labute approximate surface area is 211 Å². The van der Waals surface area contributed by atoms with E-state index < -0.39 is 0 Å². The predicted octanol–water partition coefficient (Wildman–Crippen LogP) is 7.88. The monoisotopic (exact) mass is 477 g/mol. The summed E-state index contributed by atoms with van der Waals surface area (Å²) in [6.45, 7) is 8.04. The van der Waals surface area contributed by atoms with Crippen molar-refractivity contribution in [3.05, 3.63) is 58.7 Å². The largest absolute Gasteiger partial charge is 0.496 e. The Balaban J connectivity index is 0.000000203. The van der Waals surface area contributed by atoms with E-state index >= 15 is 0 Å². The Kier molecular flexibility index (Phi) is 9.94. The fraction of sp³-hybridized carbons (Fsp3) is 0.548. The second kappa shape index (κ2) is 12.9. The Morgan fingerprint density at radius 3 is 2.26 bits per heavy atom. The minimum atomic E-state index is 0.158. The molecule has 2 aromatic carbocycles. The van der Waals surface area contributed by atoms with E-state index in [-0.39, 0.29) is 17.6 Å². The molecule has 190 valence electrons. The molecule has 4 heteroatoms. The van der Waals surface area contributed by atoms with E-state index in [0.29, 0.717) is 0 Å². The highest BCUT2D eigenvalue weighted by atomic mass is 16.5. The minimum Gasteiger partial charge on any atom is -0.496 e. The second-order valence-corrected chi connectivity index (χ2v) is 10.2. The number of amides is 1. The van der Waals surface area contributed by atoms with E-state index in [1.165, 1.54) is 49.7 Å². The van der Waals surface area contributed by atoms with Crippen molar-refractivity contribution in [1.29, 1.82) is 0 Å². The molecule has 0 aliphatic heterocycles. The lowest BCUT2D eigenvalue weighted by molar-refractivity contribution is -0.121. The van der Waals surface area contributed by atoms with E-state index in [1.54, 1.807) is 14.0 Å². The molecule has 0 atom stereocenters. The van der Waals surface area contributed by atoms with Crippen LogP contribution in [0.5, 0.6) is 5.75 Å². The van der Waals surface area contributed by atoms with Crippen LogP contribution in [0.25, 0.3) is 0 Å². The quantitative estimate of drug-likeness (QED) is 0.413. The number of hydrogen-bond donors (Lipinski definition) is 1. The van der Waals surface area contributed by atoms with Gasteiger partial charge in [0, 0.05) is 23.2 Å². The van der Waals surface area contributed by atoms with Gasteiger partial charge in [-0.05, 0) is 93.4 Å². The standard InChI is InChI=1S/C17H25NO2.C14H18O/c1-4-13-6-8-14(9-7-13)17(19)18-15-10-5-12(2)16(11-15)20-3;1-3-12-13(10(2)15)8-5-9-14(12)11-6-4-7-11/h5,10-11,13-14H,4,6-9H2,1-3H3,(H,18,19);5,8-9,11H,3-4,6-7H2,1-2H3. The molecule has 0 saturated heterocycles. The molecule has 2 saturated carbocycles. The first-order valence-corrected chi connectivity index (χ1v) is 13.5. The molecule has 4 rings (SSSR count). The third-order valence-corrected chi connectivity index (χ3v) is 7.96. The number of anilines is 1. The van der Waals surface area contributed by atoms with Crippen LogP contribution in [0.4, 0.5) is 5.69 Å². The topological polar surface area (TPSA) is 55.4 Å². The molecule has 0 radical (unpaired) electrons. The SMILES string of the molecule is CCC1CCC(C(=O)Nc2ccc(C)c(OC)c2)CC1.CCc1c(C(C)=O)cccc1C1CCC1. The van der Waals surface area contributed by atoms with Gasteiger partial charge < -0.3 is 10.1 Å². The van der Waals surface area contributed by atoms with Crippen LogP contribution >= 0.6 is 0 Å². The van der Waals surface area contributed by atoms with Gasteiger partial charge in [-0.3, -0.25) is 9.59 Å². The number of rotatable bonds is 7. The van der Waals surface area contributed by atoms with Gasteiger partial charge in [-0.15, -0.1) is 0 Å². The van der Waals surface area contributed by atoms with Crippen molar-refractivity contribution in [1.82, 2.24) is 0 Å². The maximum atomic E-state index is 12.3. The van der Waals surface area contributed by atoms with Crippen LogP contribution in [-0.4, -0.2) is 18.8 Å². The van der Waals surface area contributed by atoms with Gasteiger partial charge in [0.05, 0.1) is 7.11 Å². The molecule has 2 aliphatic rings. The van der Waals surface area contributed by atoms with Crippen LogP contribution < -0.4 is 10.1 Å². The summed E-state index contributed by atoms with van der Waals surface area (Å²) in [4.78, 5) is 23.8. The number of carbonyl (C=O) groups is 2. The molecular formula is C31H43NO3. The maximum absolute atomic E-state index is 12.3. The van der Waals surface area contributed by atoms with Gasteiger partial charge in [-0.25, -0.2) is 0 Å². The zero-order valence-corrected chi connectivity index (χ0v) is 22.3. The fourth-order valence-electron chi connectivity index (χ4n) is 5.41. The van der Waals surface area contributed by atoms with Gasteiger partial charge in [-0.2, -0.15) is 0 Å². The van der Waals surface area contributed by atoms with E-state index in [0.717, 1.165) is 53.7 Å². The Morgan fingerprint density at radius 2 is 1.71 bits per heavy atom. The van der Waals surface area contributed by atoms with Crippen LogP contribution in [0.2, 0.25) is 0 Å². The summed E-state index contributed by atoms with van der Waals surface area (Å²) in [5.41, 5.74) is 5.55. The number of aryl methyl sites for hydroxylation is 1. The number of methoxy groups -OCH3 is 1. The first-order valence-electron chi connectivity index (χ1n) is 13.5. The van der Waals surface area contributed by atoms with Gasteiger partial charge in [0.1, 0.15) is 5.75 Å². The summed E-state index contributed by atoms with van der Waals surface area (Å²) in [6.07, 6.45) is 10.6. The van der Waals surface area contributed by atoms with Gasteiger partial charge in [0.15, 0.2) is 5.78 Å². The first kappa shape index (κ1) is 27.0. The Hall–Kier alpha value is -2.62. The number of nitrogens with one attached hydrogen (secondary N) is 1. The Bertz CT molecular complexity index is 1000. The molecule has 0 bridgehead atoms. The molecule has 2 fully saturated rings. The van der Waals surface area contributed by atoms with E-state index in [9.17, 15) is 9.59 Å². The maximum Gasteiger partial charge on any atom is 0.227 e. The lowest BCUT2D eigenvalue weighted by Gasteiger charge is -2.28. The third kappa shape index (κ3) is 6.96. The number of ketones is 1. The molecule has 0 unspecified atom stereocenters. The highest BCUT2D eigenvalue weighted by Gasteiger charge is 2.26. The molecule has 0 aromatic heterocycles. The number of carbonyl (C=O) groups excluding carboxylic acids is 2. The molecular weight excluding hydrogens is 434 g/mol. The predicted molar refractivity (Wildman–Crippen MR) is 145 cm³/mol. The zero-order valence-electron chi connectivity index (χ0n) is 22.3. The summed E-state index contributed by atoms with van der Waals surface area (Å²) in [6, 6.07) is 12.0. The highest BCUT2D eigenvalue weighted by molar-refractivity contribution is 5.96. The first-order chi connectivity index (χ1) is 16.9. The lowest BCUT2D eigenvalue weighted by Crippen LogP contribution is -2.27. The number of ether oxygens (including phenoxy) is 1. The number of benzene rings is 2. The van der Waals surface area contributed by atoms with Crippen molar-refractivity contribution in [2.75, 3.05) is 12.4 Å². The van der Waals surface area contributed by atoms with Crippen LogP contribution in [0.15, 0.2) is 36.4 Å². The van der Waals surface area contributed by atoms with Crippen LogP contribution in [0.1, 0.15) is 105 Å². The Morgan fingerprint density at radius 1 is 1.00 bits per heavy atom. The molecule has 2 aliphatic carbocycles. The van der Waals surface area contributed by atoms with Crippen LogP contribution in [-0.2, 0) is 11.2 Å². The average Bonchev–Trinajstić information content (AvgIpc) is 2.84. The van der Waals surface area contributed by atoms with Gasteiger partial charge in [-0.1, -0.05) is 51.0 Å². The summed E-state index contributed by atoms with van der Waals surface area (Å²) < 4.78 is 5.29. The van der Waals surface area contributed by atoms with Crippen molar-refractivity contribution < 1.29 is 14.3 Å².